The average molecular weight is 352 g/mol. The number of benzene rings is 1. The number of hydrogen-bond acceptors (Lipinski definition) is 3. The molecule has 98 valence electrons. The Morgan fingerprint density at radius 1 is 1.21 bits per heavy atom. The topological polar surface area (TPSA) is 12.0 Å². The zero-order valence-electron chi connectivity index (χ0n) is 10.5. The molecule has 0 radical (unpaired) electrons. The SMILES string of the molecule is CNC(Cc1csc2ccccc12)c1sccc1Br. The van der Waals surface area contributed by atoms with Gasteiger partial charge in [0, 0.05) is 20.1 Å². The van der Waals surface area contributed by atoms with E-state index >= 15 is 0 Å². The van der Waals surface area contributed by atoms with Crippen molar-refractivity contribution in [1.29, 1.82) is 0 Å². The van der Waals surface area contributed by atoms with Crippen molar-refractivity contribution in [3.63, 3.8) is 0 Å². The minimum Gasteiger partial charge on any atom is -0.312 e. The van der Waals surface area contributed by atoms with Crippen molar-refractivity contribution in [1.82, 2.24) is 5.32 Å². The Bertz CT molecular complexity index is 686. The van der Waals surface area contributed by atoms with E-state index in [1.54, 1.807) is 11.3 Å². The second-order valence-corrected chi connectivity index (χ2v) is 7.15. The third kappa shape index (κ3) is 2.63. The molecule has 0 spiro atoms. The summed E-state index contributed by atoms with van der Waals surface area (Å²) in [4.78, 5) is 1.37. The fourth-order valence-electron chi connectivity index (χ4n) is 2.29. The molecule has 1 nitrogen and oxygen atoms in total. The summed E-state index contributed by atoms with van der Waals surface area (Å²) < 4.78 is 2.58. The Balaban J connectivity index is 1.93. The molecule has 1 N–H and O–H groups in total. The monoisotopic (exact) mass is 351 g/mol. The van der Waals surface area contributed by atoms with Gasteiger partial charge in [-0.15, -0.1) is 22.7 Å². The summed E-state index contributed by atoms with van der Waals surface area (Å²) in [6, 6.07) is 11.1. The molecule has 1 aromatic carbocycles. The fourth-order valence-corrected chi connectivity index (χ4v) is 5.03. The third-order valence-electron chi connectivity index (χ3n) is 3.29. The maximum atomic E-state index is 3.63. The van der Waals surface area contributed by atoms with Crippen molar-refractivity contribution in [2.45, 2.75) is 12.5 Å². The van der Waals surface area contributed by atoms with E-state index in [2.05, 4.69) is 62.3 Å². The lowest BCUT2D eigenvalue weighted by Crippen LogP contribution is -2.17. The van der Waals surface area contributed by atoms with Gasteiger partial charge >= 0.3 is 0 Å². The molecule has 3 rings (SSSR count). The first-order chi connectivity index (χ1) is 9.29. The van der Waals surface area contributed by atoms with E-state index in [0.29, 0.717) is 6.04 Å². The van der Waals surface area contributed by atoms with Crippen LogP contribution in [0.5, 0.6) is 0 Å². The molecule has 0 aliphatic carbocycles. The van der Waals surface area contributed by atoms with Gasteiger partial charge in [-0.2, -0.15) is 0 Å². The van der Waals surface area contributed by atoms with Crippen molar-refractivity contribution in [2.24, 2.45) is 0 Å². The van der Waals surface area contributed by atoms with E-state index in [1.165, 1.54) is 25.0 Å². The van der Waals surface area contributed by atoms with Gasteiger partial charge in [0.2, 0.25) is 0 Å². The molecule has 0 bridgehead atoms. The van der Waals surface area contributed by atoms with E-state index in [0.717, 1.165) is 6.42 Å². The number of thiophene rings is 2. The molecule has 2 aromatic heterocycles. The molecule has 2 heterocycles. The molecule has 19 heavy (non-hydrogen) atoms. The van der Waals surface area contributed by atoms with Gasteiger partial charge in [-0.1, -0.05) is 18.2 Å². The summed E-state index contributed by atoms with van der Waals surface area (Å²) in [5, 5.41) is 9.25. The summed E-state index contributed by atoms with van der Waals surface area (Å²) in [5.74, 6) is 0. The van der Waals surface area contributed by atoms with Crippen LogP contribution in [-0.4, -0.2) is 7.05 Å². The summed E-state index contributed by atoms with van der Waals surface area (Å²) >= 11 is 7.27. The Hall–Kier alpha value is -0.680. The third-order valence-corrected chi connectivity index (χ3v) is 6.29. The number of rotatable bonds is 4. The zero-order valence-corrected chi connectivity index (χ0v) is 13.7. The van der Waals surface area contributed by atoms with Crippen molar-refractivity contribution in [2.75, 3.05) is 7.05 Å². The number of likely N-dealkylation sites (N-methyl/N-ethyl adjacent to an activating group) is 1. The van der Waals surface area contributed by atoms with E-state index in [4.69, 9.17) is 0 Å². The lowest BCUT2D eigenvalue weighted by atomic mass is 10.0. The zero-order chi connectivity index (χ0) is 13.2. The molecule has 4 heteroatoms. The average Bonchev–Trinajstić information content (AvgIpc) is 3.03. The minimum atomic E-state index is 0.368. The molecule has 0 aliphatic heterocycles. The molecule has 3 aromatic rings. The quantitative estimate of drug-likeness (QED) is 0.678. The van der Waals surface area contributed by atoms with Crippen LogP contribution in [0, 0.1) is 0 Å². The van der Waals surface area contributed by atoms with Crippen LogP contribution >= 0.6 is 38.6 Å². The van der Waals surface area contributed by atoms with Crippen LogP contribution in [0.15, 0.2) is 45.6 Å². The van der Waals surface area contributed by atoms with Gasteiger partial charge in [0.15, 0.2) is 0 Å². The normalized spacial score (nSPS) is 12.9. The van der Waals surface area contributed by atoms with Crippen molar-refractivity contribution in [3.05, 3.63) is 56.0 Å². The number of fused-ring (bicyclic) bond motifs is 1. The van der Waals surface area contributed by atoms with E-state index in [9.17, 15) is 0 Å². The second kappa shape index (κ2) is 5.75. The van der Waals surface area contributed by atoms with Gasteiger partial charge < -0.3 is 5.32 Å². The van der Waals surface area contributed by atoms with Crippen LogP contribution in [0.2, 0.25) is 0 Å². The molecule has 0 saturated heterocycles. The predicted octanol–water partition coefficient (Wildman–Crippen LogP) is 5.23. The first kappa shape index (κ1) is 13.3. The minimum absolute atomic E-state index is 0.368. The van der Waals surface area contributed by atoms with Gasteiger partial charge in [-0.25, -0.2) is 0 Å². The molecular formula is C15H14BrNS2. The number of hydrogen-bond donors (Lipinski definition) is 1. The molecule has 0 saturated carbocycles. The van der Waals surface area contributed by atoms with Crippen molar-refractivity contribution >= 4 is 48.7 Å². The highest BCUT2D eigenvalue weighted by atomic mass is 79.9. The standard InChI is InChI=1S/C15H14BrNS2/c1-17-13(15-12(16)6-7-18-15)8-10-9-19-14-5-3-2-4-11(10)14/h2-7,9,13,17H,8H2,1H3. The largest absolute Gasteiger partial charge is 0.312 e. The smallest absolute Gasteiger partial charge is 0.0465 e. The predicted molar refractivity (Wildman–Crippen MR) is 89.3 cm³/mol. The van der Waals surface area contributed by atoms with Gasteiger partial charge in [0.1, 0.15) is 0 Å². The Kier molecular flexibility index (Phi) is 4.03. The molecule has 0 fully saturated rings. The van der Waals surface area contributed by atoms with Crippen LogP contribution < -0.4 is 5.32 Å². The summed E-state index contributed by atoms with van der Waals surface area (Å²) in [6.07, 6.45) is 1.03. The van der Waals surface area contributed by atoms with Gasteiger partial charge in [0.05, 0.1) is 0 Å². The van der Waals surface area contributed by atoms with Crippen molar-refractivity contribution < 1.29 is 0 Å². The van der Waals surface area contributed by atoms with Crippen LogP contribution in [0.3, 0.4) is 0 Å². The molecule has 1 atom stereocenters. The highest BCUT2D eigenvalue weighted by Crippen LogP contribution is 2.34. The maximum absolute atomic E-state index is 3.63. The fraction of sp³-hybridized carbons (Fsp3) is 0.200. The summed E-state index contributed by atoms with van der Waals surface area (Å²) in [7, 11) is 2.03. The summed E-state index contributed by atoms with van der Waals surface area (Å²) in [6.45, 7) is 0. The Labute approximate surface area is 129 Å². The second-order valence-electron chi connectivity index (χ2n) is 4.44. The first-order valence-corrected chi connectivity index (χ1v) is 8.70. The van der Waals surface area contributed by atoms with Gasteiger partial charge in [-0.05, 0) is 63.2 Å². The lowest BCUT2D eigenvalue weighted by Gasteiger charge is -2.15. The first-order valence-electron chi connectivity index (χ1n) is 6.15. The highest BCUT2D eigenvalue weighted by molar-refractivity contribution is 9.10. The van der Waals surface area contributed by atoms with Crippen LogP contribution in [0.1, 0.15) is 16.5 Å². The van der Waals surface area contributed by atoms with Crippen LogP contribution in [0.4, 0.5) is 0 Å². The Morgan fingerprint density at radius 3 is 2.79 bits per heavy atom. The molecule has 0 amide bonds. The highest BCUT2D eigenvalue weighted by Gasteiger charge is 2.16. The maximum Gasteiger partial charge on any atom is 0.0465 e. The van der Waals surface area contributed by atoms with Crippen LogP contribution in [-0.2, 0) is 6.42 Å². The molecule has 0 aliphatic rings. The van der Waals surface area contributed by atoms with Crippen molar-refractivity contribution in [3.8, 4) is 0 Å². The van der Waals surface area contributed by atoms with E-state index < -0.39 is 0 Å². The van der Waals surface area contributed by atoms with Crippen LogP contribution in [0.25, 0.3) is 10.1 Å². The molecule has 1 unspecified atom stereocenters. The lowest BCUT2D eigenvalue weighted by molar-refractivity contribution is 0.603. The van der Waals surface area contributed by atoms with Gasteiger partial charge in [0.25, 0.3) is 0 Å². The number of halogens is 1. The van der Waals surface area contributed by atoms with Gasteiger partial charge in [-0.3, -0.25) is 0 Å². The number of nitrogens with one attached hydrogen (secondary N) is 1. The Morgan fingerprint density at radius 2 is 2.05 bits per heavy atom. The van der Waals surface area contributed by atoms with E-state index in [-0.39, 0.29) is 0 Å². The van der Waals surface area contributed by atoms with E-state index in [1.807, 2.05) is 18.4 Å². The summed E-state index contributed by atoms with van der Waals surface area (Å²) in [5.41, 5.74) is 1.43. The molecular weight excluding hydrogens is 338 g/mol.